The molecule has 2 aromatic rings. The monoisotopic (exact) mass is 338 g/mol. The summed E-state index contributed by atoms with van der Waals surface area (Å²) in [6.07, 6.45) is 3.14. The van der Waals surface area contributed by atoms with Gasteiger partial charge in [-0.1, -0.05) is 42.5 Å². The molecule has 0 aliphatic carbocycles. The lowest BCUT2D eigenvalue weighted by atomic mass is 10.0. The van der Waals surface area contributed by atoms with Crippen molar-refractivity contribution < 1.29 is 9.90 Å². The molecule has 1 N–H and O–H groups in total. The van der Waals surface area contributed by atoms with Gasteiger partial charge in [0.1, 0.15) is 5.75 Å². The molecule has 1 amide bonds. The third-order valence-electron chi connectivity index (χ3n) is 5.04. The van der Waals surface area contributed by atoms with Gasteiger partial charge >= 0.3 is 0 Å². The van der Waals surface area contributed by atoms with E-state index in [1.165, 1.54) is 5.56 Å². The molecule has 0 unspecified atom stereocenters. The van der Waals surface area contributed by atoms with Gasteiger partial charge in [0.2, 0.25) is 0 Å². The lowest BCUT2D eigenvalue weighted by Gasteiger charge is -2.37. The SMILES string of the molecule is CN(C(=O)c1ccccc1O)[C@@H]1CCCN(CCc2ccccc2)C1. The first-order chi connectivity index (χ1) is 12.1. The Hall–Kier alpha value is -2.33. The van der Waals surface area contributed by atoms with E-state index in [2.05, 4.69) is 29.2 Å². The van der Waals surface area contributed by atoms with E-state index in [1.54, 1.807) is 29.2 Å². The molecular formula is C21H26N2O2. The molecule has 3 rings (SSSR count). The van der Waals surface area contributed by atoms with Gasteiger partial charge in [-0.05, 0) is 43.5 Å². The summed E-state index contributed by atoms with van der Waals surface area (Å²) in [5.74, 6) is -0.0518. The number of nitrogens with zero attached hydrogens (tertiary/aromatic N) is 2. The van der Waals surface area contributed by atoms with Crippen molar-refractivity contribution in [1.82, 2.24) is 9.80 Å². The van der Waals surface area contributed by atoms with Crippen molar-refractivity contribution in [3.63, 3.8) is 0 Å². The molecule has 1 atom stereocenters. The summed E-state index contributed by atoms with van der Waals surface area (Å²) in [6.45, 7) is 2.99. The minimum absolute atomic E-state index is 0.0519. The highest BCUT2D eigenvalue weighted by Gasteiger charge is 2.27. The fourth-order valence-corrected chi connectivity index (χ4v) is 3.49. The van der Waals surface area contributed by atoms with Crippen LogP contribution in [0.4, 0.5) is 0 Å². The topological polar surface area (TPSA) is 43.8 Å². The number of para-hydroxylation sites is 1. The van der Waals surface area contributed by atoms with Crippen LogP contribution in [0.1, 0.15) is 28.8 Å². The number of carbonyl (C=O) groups excluding carboxylic acids is 1. The number of aromatic hydroxyl groups is 1. The Morgan fingerprint density at radius 1 is 1.16 bits per heavy atom. The van der Waals surface area contributed by atoms with Gasteiger partial charge in [-0.25, -0.2) is 0 Å². The summed E-state index contributed by atoms with van der Waals surface area (Å²) in [4.78, 5) is 16.9. The average molecular weight is 338 g/mol. The quantitative estimate of drug-likeness (QED) is 0.911. The molecule has 25 heavy (non-hydrogen) atoms. The molecule has 1 fully saturated rings. The Morgan fingerprint density at radius 3 is 2.64 bits per heavy atom. The second-order valence-corrected chi connectivity index (χ2v) is 6.77. The van der Waals surface area contributed by atoms with Crippen molar-refractivity contribution in [3.05, 3.63) is 65.7 Å². The molecule has 0 aromatic heterocycles. The minimum atomic E-state index is -0.104. The minimum Gasteiger partial charge on any atom is -0.507 e. The average Bonchev–Trinajstić information content (AvgIpc) is 2.67. The molecule has 0 saturated carbocycles. The van der Waals surface area contributed by atoms with Gasteiger partial charge in [-0.15, -0.1) is 0 Å². The predicted molar refractivity (Wildman–Crippen MR) is 99.8 cm³/mol. The van der Waals surface area contributed by atoms with Crippen LogP contribution in [0, 0.1) is 0 Å². The highest BCUT2D eigenvalue weighted by Crippen LogP contribution is 2.21. The normalized spacial score (nSPS) is 18.0. The van der Waals surface area contributed by atoms with Gasteiger partial charge in [0.15, 0.2) is 0 Å². The zero-order chi connectivity index (χ0) is 17.6. The molecule has 1 aliphatic heterocycles. The van der Waals surface area contributed by atoms with Gasteiger partial charge in [-0.2, -0.15) is 0 Å². The second kappa shape index (κ2) is 8.17. The van der Waals surface area contributed by atoms with Crippen molar-refractivity contribution in [3.8, 4) is 5.75 Å². The maximum atomic E-state index is 12.7. The number of amides is 1. The first kappa shape index (κ1) is 17.5. The second-order valence-electron chi connectivity index (χ2n) is 6.77. The molecule has 1 aliphatic rings. The largest absolute Gasteiger partial charge is 0.507 e. The lowest BCUT2D eigenvalue weighted by Crippen LogP contribution is -2.49. The number of hydrogen-bond acceptors (Lipinski definition) is 3. The van der Waals surface area contributed by atoms with Crippen molar-refractivity contribution in [2.45, 2.75) is 25.3 Å². The molecular weight excluding hydrogens is 312 g/mol. The standard InChI is InChI=1S/C21H26N2O2/c1-22(21(25)19-11-5-6-12-20(19)24)18-10-7-14-23(16-18)15-13-17-8-3-2-4-9-17/h2-6,8-9,11-12,18,24H,7,10,13-16H2,1H3/t18-/m1/s1. The number of phenols is 1. The number of rotatable bonds is 5. The number of likely N-dealkylation sites (N-methyl/N-ethyl adjacent to an activating group) is 1. The summed E-state index contributed by atoms with van der Waals surface area (Å²) < 4.78 is 0. The molecule has 4 heteroatoms. The van der Waals surface area contributed by atoms with E-state index in [1.807, 2.05) is 13.1 Å². The van der Waals surface area contributed by atoms with Crippen molar-refractivity contribution >= 4 is 5.91 Å². The van der Waals surface area contributed by atoms with Crippen molar-refractivity contribution in [1.29, 1.82) is 0 Å². The lowest BCUT2D eigenvalue weighted by molar-refractivity contribution is 0.0616. The van der Waals surface area contributed by atoms with Crippen LogP contribution in [0.15, 0.2) is 54.6 Å². The summed E-state index contributed by atoms with van der Waals surface area (Å²) in [5.41, 5.74) is 1.73. The molecule has 2 aromatic carbocycles. The first-order valence-corrected chi connectivity index (χ1v) is 8.96. The highest BCUT2D eigenvalue weighted by atomic mass is 16.3. The number of benzene rings is 2. The van der Waals surface area contributed by atoms with Crippen molar-refractivity contribution in [2.75, 3.05) is 26.7 Å². The summed E-state index contributed by atoms with van der Waals surface area (Å²) in [7, 11) is 1.85. The molecule has 1 heterocycles. The van der Waals surface area contributed by atoms with Crippen LogP contribution in [0.2, 0.25) is 0 Å². The Kier molecular flexibility index (Phi) is 5.71. The van der Waals surface area contributed by atoms with Crippen LogP contribution in [0.5, 0.6) is 5.75 Å². The molecule has 0 bridgehead atoms. The molecule has 0 radical (unpaired) electrons. The maximum absolute atomic E-state index is 12.7. The number of likely N-dealkylation sites (tertiary alicyclic amines) is 1. The van der Waals surface area contributed by atoms with E-state index in [4.69, 9.17) is 0 Å². The van der Waals surface area contributed by atoms with E-state index in [0.717, 1.165) is 38.9 Å². The zero-order valence-electron chi connectivity index (χ0n) is 14.8. The van der Waals surface area contributed by atoms with Crippen LogP contribution >= 0.6 is 0 Å². The number of hydrogen-bond donors (Lipinski definition) is 1. The summed E-state index contributed by atoms with van der Waals surface area (Å²) in [6, 6.07) is 17.5. The van der Waals surface area contributed by atoms with Gasteiger partial charge < -0.3 is 14.9 Å². The third-order valence-corrected chi connectivity index (χ3v) is 5.04. The van der Waals surface area contributed by atoms with Crippen LogP contribution in [-0.2, 0) is 6.42 Å². The van der Waals surface area contributed by atoms with E-state index in [-0.39, 0.29) is 17.7 Å². The Labute approximate surface area is 149 Å². The first-order valence-electron chi connectivity index (χ1n) is 8.96. The van der Waals surface area contributed by atoms with Gasteiger partial charge in [0.05, 0.1) is 5.56 Å². The third kappa shape index (κ3) is 4.40. The van der Waals surface area contributed by atoms with E-state index in [0.29, 0.717) is 5.56 Å². The molecule has 132 valence electrons. The Balaban J connectivity index is 1.59. The van der Waals surface area contributed by atoms with E-state index in [9.17, 15) is 9.90 Å². The summed E-state index contributed by atoms with van der Waals surface area (Å²) >= 11 is 0. The van der Waals surface area contributed by atoms with E-state index >= 15 is 0 Å². The Morgan fingerprint density at radius 2 is 1.88 bits per heavy atom. The van der Waals surface area contributed by atoms with Gasteiger partial charge in [-0.3, -0.25) is 4.79 Å². The van der Waals surface area contributed by atoms with Crippen LogP contribution in [-0.4, -0.2) is 53.5 Å². The van der Waals surface area contributed by atoms with Crippen LogP contribution in [0.25, 0.3) is 0 Å². The fraction of sp³-hybridized carbons (Fsp3) is 0.381. The van der Waals surface area contributed by atoms with Crippen molar-refractivity contribution in [2.24, 2.45) is 0 Å². The molecule has 0 spiro atoms. The number of carbonyl (C=O) groups is 1. The smallest absolute Gasteiger partial charge is 0.257 e. The van der Waals surface area contributed by atoms with Gasteiger partial charge in [0.25, 0.3) is 5.91 Å². The fourth-order valence-electron chi connectivity index (χ4n) is 3.49. The Bertz CT molecular complexity index is 702. The van der Waals surface area contributed by atoms with E-state index < -0.39 is 0 Å². The van der Waals surface area contributed by atoms with Crippen LogP contribution in [0.3, 0.4) is 0 Å². The van der Waals surface area contributed by atoms with Crippen LogP contribution < -0.4 is 0 Å². The zero-order valence-corrected chi connectivity index (χ0v) is 14.8. The molecule has 4 nitrogen and oxygen atoms in total. The van der Waals surface area contributed by atoms with Gasteiger partial charge in [0, 0.05) is 26.2 Å². The molecule has 1 saturated heterocycles. The highest BCUT2D eigenvalue weighted by molar-refractivity contribution is 5.96. The summed E-state index contributed by atoms with van der Waals surface area (Å²) in [5, 5.41) is 9.93. The maximum Gasteiger partial charge on any atom is 0.257 e. The number of piperidine rings is 1. The predicted octanol–water partition coefficient (Wildman–Crippen LogP) is 3.17. The number of phenolic OH excluding ortho intramolecular Hbond substituents is 1.